The van der Waals surface area contributed by atoms with Crippen molar-refractivity contribution in [3.05, 3.63) is 58.9 Å². The van der Waals surface area contributed by atoms with Gasteiger partial charge in [0.2, 0.25) is 11.6 Å². The van der Waals surface area contributed by atoms with E-state index in [4.69, 9.17) is 10.5 Å². The topological polar surface area (TPSA) is 80.0 Å². The first kappa shape index (κ1) is 22.5. The molecule has 0 radical (unpaired) electrons. The molecule has 1 amide bonds. The lowest BCUT2D eigenvalue weighted by Gasteiger charge is -2.36. The number of allylic oxidation sites excluding steroid dienone is 2. The lowest BCUT2D eigenvalue weighted by Crippen LogP contribution is -2.58. The average Bonchev–Trinajstić information content (AvgIpc) is 3.21. The van der Waals surface area contributed by atoms with Crippen LogP contribution in [0.25, 0.3) is 0 Å². The lowest BCUT2D eigenvalue weighted by atomic mass is 9.92. The van der Waals surface area contributed by atoms with Crippen LogP contribution < -0.4 is 11.2 Å². The fourth-order valence-electron chi connectivity index (χ4n) is 3.56. The SMILES string of the molecule is C/C=C\C1=C(C)OC(CCN)C12N=C(c1cc(F)ccc1F)NN2C(C)=O.CC. The highest BCUT2D eigenvalue weighted by Gasteiger charge is 2.58. The monoisotopic (exact) mass is 406 g/mol. The molecule has 0 bridgehead atoms. The highest BCUT2D eigenvalue weighted by molar-refractivity contribution is 6.02. The van der Waals surface area contributed by atoms with E-state index in [0.29, 0.717) is 24.3 Å². The number of nitrogens with one attached hydrogen (secondary N) is 1. The second-order valence-corrected chi connectivity index (χ2v) is 6.43. The van der Waals surface area contributed by atoms with Crippen LogP contribution in [0.3, 0.4) is 0 Å². The van der Waals surface area contributed by atoms with Gasteiger partial charge in [-0.05, 0) is 38.6 Å². The maximum absolute atomic E-state index is 14.3. The molecule has 0 saturated carbocycles. The number of amides is 1. The first-order chi connectivity index (χ1) is 13.8. The van der Waals surface area contributed by atoms with E-state index in [2.05, 4.69) is 10.4 Å². The van der Waals surface area contributed by atoms with Crippen molar-refractivity contribution in [3.8, 4) is 0 Å². The Hall–Kier alpha value is -2.74. The largest absolute Gasteiger partial charge is 0.490 e. The number of amidine groups is 1. The van der Waals surface area contributed by atoms with Crippen molar-refractivity contribution in [2.75, 3.05) is 6.54 Å². The highest BCUT2D eigenvalue weighted by atomic mass is 19.1. The molecule has 3 N–H and O–H groups in total. The number of hydrogen-bond donors (Lipinski definition) is 2. The van der Waals surface area contributed by atoms with E-state index in [0.717, 1.165) is 18.2 Å². The fourth-order valence-corrected chi connectivity index (χ4v) is 3.56. The predicted octanol–water partition coefficient (Wildman–Crippen LogP) is 3.40. The number of rotatable bonds is 4. The molecule has 29 heavy (non-hydrogen) atoms. The Balaban J connectivity index is 0.00000145. The van der Waals surface area contributed by atoms with E-state index >= 15 is 0 Å². The van der Waals surface area contributed by atoms with Gasteiger partial charge in [0.1, 0.15) is 23.5 Å². The number of carbonyl (C=O) groups is 1. The Morgan fingerprint density at radius 2 is 2.10 bits per heavy atom. The minimum absolute atomic E-state index is 0.0597. The maximum Gasteiger partial charge on any atom is 0.240 e. The van der Waals surface area contributed by atoms with Crippen LogP contribution in [0.4, 0.5) is 8.78 Å². The summed E-state index contributed by atoms with van der Waals surface area (Å²) < 4.78 is 34.0. The molecular weight excluding hydrogens is 378 g/mol. The first-order valence-corrected chi connectivity index (χ1v) is 9.68. The summed E-state index contributed by atoms with van der Waals surface area (Å²) in [6.45, 7) is 9.30. The second kappa shape index (κ2) is 9.17. The molecule has 2 unspecified atom stereocenters. The Labute approximate surface area is 170 Å². The van der Waals surface area contributed by atoms with Crippen molar-refractivity contribution in [2.45, 2.75) is 52.8 Å². The fraction of sp³-hybridized carbons (Fsp3) is 0.429. The summed E-state index contributed by atoms with van der Waals surface area (Å²) in [6, 6.07) is 3.09. The zero-order chi connectivity index (χ0) is 21.8. The molecule has 0 saturated heterocycles. The predicted molar refractivity (Wildman–Crippen MR) is 109 cm³/mol. The molecule has 2 aliphatic rings. The van der Waals surface area contributed by atoms with Crippen LogP contribution in [-0.4, -0.2) is 35.1 Å². The standard InChI is InChI=1S/C19H22F2N4O2.C2H6/c1-4-5-15-11(2)27-17(8-9-22)19(15)23-18(24-25(19)12(3)26)14-10-13(20)6-7-16(14)21;1-2/h4-7,10,17H,8-9,22H2,1-3H3,(H,23,24);1-2H3/b5-4-;. The number of hydrogen-bond acceptors (Lipinski definition) is 5. The van der Waals surface area contributed by atoms with Gasteiger partial charge in [-0.15, -0.1) is 0 Å². The van der Waals surface area contributed by atoms with E-state index in [1.165, 1.54) is 11.9 Å². The van der Waals surface area contributed by atoms with Crippen LogP contribution in [0.5, 0.6) is 0 Å². The van der Waals surface area contributed by atoms with Gasteiger partial charge in [0.25, 0.3) is 0 Å². The summed E-state index contributed by atoms with van der Waals surface area (Å²) in [5.41, 5.74) is 7.94. The van der Waals surface area contributed by atoms with Crippen LogP contribution in [0.2, 0.25) is 0 Å². The Bertz CT molecular complexity index is 866. The van der Waals surface area contributed by atoms with Gasteiger partial charge in [-0.2, -0.15) is 0 Å². The van der Waals surface area contributed by atoms with Crippen LogP contribution in [0.15, 0.2) is 46.7 Å². The zero-order valence-corrected chi connectivity index (χ0v) is 17.4. The molecule has 6 nitrogen and oxygen atoms in total. The minimum Gasteiger partial charge on any atom is -0.490 e. The number of carbonyl (C=O) groups excluding carboxylic acids is 1. The number of nitrogens with two attached hydrogens (primary N) is 1. The molecule has 3 rings (SSSR count). The molecule has 2 aliphatic heterocycles. The van der Waals surface area contributed by atoms with Gasteiger partial charge in [0.15, 0.2) is 5.84 Å². The van der Waals surface area contributed by atoms with Crippen molar-refractivity contribution in [1.29, 1.82) is 0 Å². The normalized spacial score (nSPS) is 23.1. The van der Waals surface area contributed by atoms with Gasteiger partial charge >= 0.3 is 0 Å². The van der Waals surface area contributed by atoms with Crippen molar-refractivity contribution in [1.82, 2.24) is 10.4 Å². The first-order valence-electron chi connectivity index (χ1n) is 9.68. The van der Waals surface area contributed by atoms with Crippen LogP contribution in [0.1, 0.15) is 46.6 Å². The van der Waals surface area contributed by atoms with Crippen LogP contribution in [-0.2, 0) is 9.53 Å². The van der Waals surface area contributed by atoms with Crippen LogP contribution >= 0.6 is 0 Å². The van der Waals surface area contributed by atoms with E-state index in [-0.39, 0.29) is 17.3 Å². The molecule has 2 heterocycles. The molecule has 1 spiro atoms. The number of halogens is 2. The van der Waals surface area contributed by atoms with Gasteiger partial charge in [-0.1, -0.05) is 26.0 Å². The zero-order valence-electron chi connectivity index (χ0n) is 17.4. The van der Waals surface area contributed by atoms with Gasteiger partial charge in [-0.25, -0.2) is 18.8 Å². The summed E-state index contributed by atoms with van der Waals surface area (Å²) >= 11 is 0. The Morgan fingerprint density at radius 1 is 1.41 bits per heavy atom. The smallest absolute Gasteiger partial charge is 0.240 e. The van der Waals surface area contributed by atoms with Crippen molar-refractivity contribution >= 4 is 11.7 Å². The summed E-state index contributed by atoms with van der Waals surface area (Å²) in [4.78, 5) is 17.1. The van der Waals surface area contributed by atoms with Crippen molar-refractivity contribution in [2.24, 2.45) is 10.7 Å². The van der Waals surface area contributed by atoms with Crippen molar-refractivity contribution < 1.29 is 18.3 Å². The summed E-state index contributed by atoms with van der Waals surface area (Å²) in [5, 5.41) is 1.30. The molecule has 1 aromatic rings. The Morgan fingerprint density at radius 3 is 2.69 bits per heavy atom. The number of nitrogens with zero attached hydrogens (tertiary/aromatic N) is 2. The number of ether oxygens (including phenoxy) is 1. The summed E-state index contributed by atoms with van der Waals surface area (Å²) in [5.74, 6) is -0.930. The third-order valence-electron chi connectivity index (χ3n) is 4.65. The lowest BCUT2D eigenvalue weighted by molar-refractivity contribution is -0.138. The quantitative estimate of drug-likeness (QED) is 0.803. The molecule has 158 valence electrons. The molecule has 2 atom stereocenters. The summed E-state index contributed by atoms with van der Waals surface area (Å²) in [7, 11) is 0. The van der Waals surface area contributed by atoms with E-state index in [1.807, 2.05) is 26.8 Å². The highest BCUT2D eigenvalue weighted by Crippen LogP contribution is 2.45. The minimum atomic E-state index is -1.24. The molecular formula is C21H28F2N4O2. The van der Waals surface area contributed by atoms with Gasteiger partial charge in [0.05, 0.1) is 5.56 Å². The van der Waals surface area contributed by atoms with E-state index < -0.39 is 23.4 Å². The third kappa shape index (κ3) is 3.89. The molecule has 8 heteroatoms. The van der Waals surface area contributed by atoms with E-state index in [1.54, 1.807) is 13.0 Å². The molecule has 1 aromatic carbocycles. The van der Waals surface area contributed by atoms with Gasteiger partial charge < -0.3 is 10.5 Å². The van der Waals surface area contributed by atoms with E-state index in [9.17, 15) is 13.6 Å². The maximum atomic E-state index is 14.3. The van der Waals surface area contributed by atoms with Gasteiger partial charge in [-0.3, -0.25) is 10.2 Å². The number of benzene rings is 1. The third-order valence-corrected chi connectivity index (χ3v) is 4.65. The van der Waals surface area contributed by atoms with Crippen LogP contribution in [0, 0.1) is 11.6 Å². The van der Waals surface area contributed by atoms with Gasteiger partial charge in [0, 0.05) is 18.9 Å². The Kier molecular flexibility index (Phi) is 7.13. The second-order valence-electron chi connectivity index (χ2n) is 6.43. The summed E-state index contributed by atoms with van der Waals surface area (Å²) in [6.07, 6.45) is 3.48. The average molecular weight is 406 g/mol. The number of hydrazine groups is 1. The molecule has 0 aliphatic carbocycles. The molecule has 0 fully saturated rings. The van der Waals surface area contributed by atoms with Crippen molar-refractivity contribution in [3.63, 3.8) is 0 Å². The molecule has 0 aromatic heterocycles. The number of aliphatic imine (C=N–C) groups is 1.